The van der Waals surface area contributed by atoms with E-state index in [0.29, 0.717) is 0 Å². The Morgan fingerprint density at radius 3 is 2.50 bits per heavy atom. The maximum atomic E-state index is 10.2. The van der Waals surface area contributed by atoms with Crippen LogP contribution in [0.2, 0.25) is 0 Å². The molecule has 1 radical (unpaired) electrons. The molecule has 1 aromatic carbocycles. The molecular formula is C7H7O3. The van der Waals surface area contributed by atoms with Crippen LogP contribution in [0.25, 0.3) is 0 Å². The molecule has 53 valence electrons. The van der Waals surface area contributed by atoms with Gasteiger partial charge in [0.05, 0.1) is 0 Å². The van der Waals surface area contributed by atoms with Crippen molar-refractivity contribution in [2.75, 3.05) is 0 Å². The molecule has 0 spiro atoms. The summed E-state index contributed by atoms with van der Waals surface area (Å²) >= 11 is 0. The lowest BCUT2D eigenvalue weighted by atomic mass is 10.2. The molecule has 0 aliphatic rings. The van der Waals surface area contributed by atoms with Crippen molar-refractivity contribution in [1.29, 1.82) is 0 Å². The zero-order chi connectivity index (χ0) is 7.56. The van der Waals surface area contributed by atoms with Crippen molar-refractivity contribution in [1.82, 2.24) is 0 Å². The Bertz CT molecular complexity index is 232. The third-order valence-electron chi connectivity index (χ3n) is 1.22. The minimum Gasteiger partial charge on any atom is -0.508 e. The highest BCUT2D eigenvalue weighted by Crippen LogP contribution is 2.21. The SMILES string of the molecule is [O]Cc1cc(O)ccc1O. The fraction of sp³-hybridized carbons (Fsp3) is 0.143. The molecule has 0 amide bonds. The molecular weight excluding hydrogens is 132 g/mol. The Hall–Kier alpha value is -1.22. The molecule has 0 fully saturated rings. The van der Waals surface area contributed by atoms with Gasteiger partial charge in [0, 0.05) is 5.56 Å². The molecule has 0 aromatic heterocycles. The second kappa shape index (κ2) is 2.58. The Labute approximate surface area is 58.2 Å². The lowest BCUT2D eigenvalue weighted by Gasteiger charge is -1.98. The molecule has 0 bridgehead atoms. The summed E-state index contributed by atoms with van der Waals surface area (Å²) in [6.45, 7) is -0.514. The highest BCUT2D eigenvalue weighted by molar-refractivity contribution is 5.37. The Balaban J connectivity index is 3.09. The average Bonchev–Trinajstić information content (AvgIpc) is 1.94. The maximum Gasteiger partial charge on any atom is 0.121 e. The largest absolute Gasteiger partial charge is 0.508 e. The van der Waals surface area contributed by atoms with Crippen molar-refractivity contribution in [3.8, 4) is 11.5 Å². The third-order valence-corrected chi connectivity index (χ3v) is 1.22. The molecule has 0 atom stereocenters. The molecule has 1 rings (SSSR count). The van der Waals surface area contributed by atoms with E-state index >= 15 is 0 Å². The van der Waals surface area contributed by atoms with E-state index < -0.39 is 6.61 Å². The number of phenols is 2. The van der Waals surface area contributed by atoms with E-state index in [9.17, 15) is 5.11 Å². The fourth-order valence-electron chi connectivity index (χ4n) is 0.688. The first-order valence-electron chi connectivity index (χ1n) is 2.83. The first-order valence-corrected chi connectivity index (χ1v) is 2.83. The van der Waals surface area contributed by atoms with Crippen LogP contribution in [0, 0.1) is 0 Å². The zero-order valence-corrected chi connectivity index (χ0v) is 5.24. The smallest absolute Gasteiger partial charge is 0.121 e. The van der Waals surface area contributed by atoms with Gasteiger partial charge in [-0.15, -0.1) is 0 Å². The van der Waals surface area contributed by atoms with Gasteiger partial charge in [0.15, 0.2) is 0 Å². The van der Waals surface area contributed by atoms with E-state index in [0.717, 1.165) is 0 Å². The monoisotopic (exact) mass is 139 g/mol. The van der Waals surface area contributed by atoms with Gasteiger partial charge in [-0.2, -0.15) is 0 Å². The summed E-state index contributed by atoms with van der Waals surface area (Å²) in [5.74, 6) is -0.0588. The van der Waals surface area contributed by atoms with Crippen LogP contribution in [0.1, 0.15) is 5.56 Å². The van der Waals surface area contributed by atoms with Crippen LogP contribution in [0.15, 0.2) is 18.2 Å². The first-order chi connectivity index (χ1) is 4.74. The van der Waals surface area contributed by atoms with Gasteiger partial charge in [0.2, 0.25) is 0 Å². The summed E-state index contributed by atoms with van der Waals surface area (Å²) in [6, 6.07) is 3.87. The van der Waals surface area contributed by atoms with E-state index in [1.807, 2.05) is 0 Å². The predicted molar refractivity (Wildman–Crippen MR) is 34.2 cm³/mol. The highest BCUT2D eigenvalue weighted by Gasteiger charge is 1.99. The van der Waals surface area contributed by atoms with E-state index in [2.05, 4.69) is 0 Å². The van der Waals surface area contributed by atoms with Gasteiger partial charge in [-0.3, -0.25) is 0 Å². The van der Waals surface area contributed by atoms with Gasteiger partial charge < -0.3 is 10.2 Å². The Morgan fingerprint density at radius 2 is 2.00 bits per heavy atom. The fourth-order valence-corrected chi connectivity index (χ4v) is 0.688. The maximum absolute atomic E-state index is 10.2. The summed E-state index contributed by atoms with van der Waals surface area (Å²) in [4.78, 5) is 0. The lowest BCUT2D eigenvalue weighted by molar-refractivity contribution is 0.174. The van der Waals surface area contributed by atoms with Gasteiger partial charge in [-0.25, -0.2) is 5.11 Å². The van der Waals surface area contributed by atoms with Crippen molar-refractivity contribution < 1.29 is 15.3 Å². The van der Waals surface area contributed by atoms with Crippen molar-refractivity contribution in [3.05, 3.63) is 23.8 Å². The van der Waals surface area contributed by atoms with Crippen LogP contribution < -0.4 is 0 Å². The quantitative estimate of drug-likeness (QED) is 0.571. The topological polar surface area (TPSA) is 60.4 Å². The standard InChI is InChI=1S/C7H7O3/c8-4-5-3-6(9)1-2-7(5)10/h1-3,9-10H,4H2. The Kier molecular flexibility index (Phi) is 1.78. The van der Waals surface area contributed by atoms with Gasteiger partial charge in [0.25, 0.3) is 0 Å². The molecule has 0 saturated carbocycles. The minimum atomic E-state index is -0.514. The average molecular weight is 139 g/mol. The van der Waals surface area contributed by atoms with Crippen molar-refractivity contribution in [2.24, 2.45) is 0 Å². The highest BCUT2D eigenvalue weighted by atomic mass is 16.3. The van der Waals surface area contributed by atoms with E-state index in [-0.39, 0.29) is 17.1 Å². The van der Waals surface area contributed by atoms with Crippen LogP contribution in [0.5, 0.6) is 11.5 Å². The van der Waals surface area contributed by atoms with Crippen LogP contribution in [-0.2, 0) is 11.7 Å². The van der Waals surface area contributed by atoms with Gasteiger partial charge in [0.1, 0.15) is 18.1 Å². The third kappa shape index (κ3) is 1.19. The molecule has 0 unspecified atom stereocenters. The van der Waals surface area contributed by atoms with Crippen LogP contribution in [0.3, 0.4) is 0 Å². The predicted octanol–water partition coefficient (Wildman–Crippen LogP) is 1.03. The molecule has 0 heterocycles. The number of phenolic OH excluding ortho intramolecular Hbond substituents is 2. The summed E-state index contributed by atoms with van der Waals surface area (Å²) < 4.78 is 0. The van der Waals surface area contributed by atoms with Crippen LogP contribution >= 0.6 is 0 Å². The Morgan fingerprint density at radius 1 is 1.30 bits per heavy atom. The zero-order valence-electron chi connectivity index (χ0n) is 5.24. The molecule has 3 heteroatoms. The van der Waals surface area contributed by atoms with Crippen molar-refractivity contribution in [2.45, 2.75) is 6.61 Å². The first kappa shape index (κ1) is 6.89. The van der Waals surface area contributed by atoms with E-state index in [4.69, 9.17) is 10.2 Å². The molecule has 2 N–H and O–H groups in total. The number of benzene rings is 1. The molecule has 3 nitrogen and oxygen atoms in total. The second-order valence-corrected chi connectivity index (χ2v) is 1.96. The van der Waals surface area contributed by atoms with Crippen molar-refractivity contribution >= 4 is 0 Å². The van der Waals surface area contributed by atoms with Crippen LogP contribution in [0.4, 0.5) is 0 Å². The molecule has 0 aliphatic carbocycles. The summed E-state index contributed by atoms with van der Waals surface area (Å²) in [5, 5.41) is 28.0. The normalized spacial score (nSPS) is 9.70. The minimum absolute atomic E-state index is 0.00338. The van der Waals surface area contributed by atoms with Gasteiger partial charge >= 0.3 is 0 Å². The summed E-state index contributed by atoms with van der Waals surface area (Å²) in [6.07, 6.45) is 0. The van der Waals surface area contributed by atoms with Gasteiger partial charge in [-0.1, -0.05) is 0 Å². The van der Waals surface area contributed by atoms with Crippen molar-refractivity contribution in [3.63, 3.8) is 0 Å². The van der Waals surface area contributed by atoms with E-state index in [1.54, 1.807) is 0 Å². The summed E-state index contributed by atoms with van der Waals surface area (Å²) in [7, 11) is 0. The second-order valence-electron chi connectivity index (χ2n) is 1.96. The molecule has 1 aromatic rings. The number of hydrogen-bond acceptors (Lipinski definition) is 2. The number of rotatable bonds is 1. The number of aromatic hydroxyl groups is 2. The van der Waals surface area contributed by atoms with E-state index in [1.165, 1.54) is 18.2 Å². The number of hydrogen-bond donors (Lipinski definition) is 2. The van der Waals surface area contributed by atoms with Gasteiger partial charge in [-0.05, 0) is 18.2 Å². The molecule has 0 saturated heterocycles. The van der Waals surface area contributed by atoms with Crippen LogP contribution in [-0.4, -0.2) is 10.2 Å². The summed E-state index contributed by atoms with van der Waals surface area (Å²) in [5.41, 5.74) is 0.222. The molecule has 0 aliphatic heterocycles. The lowest BCUT2D eigenvalue weighted by Crippen LogP contribution is -1.80. The molecule has 10 heavy (non-hydrogen) atoms.